The lowest BCUT2D eigenvalue weighted by molar-refractivity contribution is -0.161. The number of hydrogen-bond donors (Lipinski definition) is 3. The van der Waals surface area contributed by atoms with Gasteiger partial charge in [-0.15, -0.1) is 0 Å². The van der Waals surface area contributed by atoms with Crippen LogP contribution in [-0.4, -0.2) is 58.0 Å². The third-order valence-electron chi connectivity index (χ3n) is 9.01. The monoisotopic (exact) mass is 764 g/mol. The number of aliphatic hydroxyl groups is 1. The minimum Gasteiger partial charge on any atom is -0.462 e. The van der Waals surface area contributed by atoms with E-state index in [2.05, 4.69) is 42.7 Å². The molecule has 0 aliphatic heterocycles. The number of allylic oxidation sites excluding steroid dienone is 9. The molecule has 10 nitrogen and oxygen atoms in total. The van der Waals surface area contributed by atoms with Gasteiger partial charge in [-0.25, -0.2) is 4.57 Å². The van der Waals surface area contributed by atoms with Crippen molar-refractivity contribution in [2.24, 2.45) is 11.8 Å². The van der Waals surface area contributed by atoms with E-state index in [9.17, 15) is 24.1 Å². The maximum absolute atomic E-state index is 12.4. The molecule has 0 radical (unpaired) electrons. The molecule has 1 aliphatic rings. The number of rotatable bonds is 33. The summed E-state index contributed by atoms with van der Waals surface area (Å²) in [5.41, 5.74) is 0. The lowest BCUT2D eigenvalue weighted by Gasteiger charge is -2.18. The van der Waals surface area contributed by atoms with Gasteiger partial charge in [-0.2, -0.15) is 0 Å². The van der Waals surface area contributed by atoms with E-state index in [-0.39, 0.29) is 37.1 Å². The molecule has 0 fully saturated rings. The summed E-state index contributed by atoms with van der Waals surface area (Å²) in [6.45, 7) is 3.37. The van der Waals surface area contributed by atoms with Crippen LogP contribution in [0.2, 0.25) is 0 Å². The summed E-state index contributed by atoms with van der Waals surface area (Å²) in [4.78, 5) is 55.3. The van der Waals surface area contributed by atoms with Crippen LogP contribution in [-0.2, 0) is 32.9 Å². The average Bonchev–Trinajstić information content (AvgIpc) is 3.47. The topological polar surface area (TPSA) is 157 Å². The van der Waals surface area contributed by atoms with Crippen molar-refractivity contribution in [1.29, 1.82) is 0 Å². The predicted molar refractivity (Wildman–Crippen MR) is 211 cm³/mol. The Morgan fingerprint density at radius 2 is 1.38 bits per heavy atom. The Kier molecular flexibility index (Phi) is 29.0. The van der Waals surface area contributed by atoms with Crippen molar-refractivity contribution in [3.8, 4) is 0 Å². The molecule has 302 valence electrons. The second kappa shape index (κ2) is 31.7. The quantitative estimate of drug-likeness (QED) is 0.0254. The largest absolute Gasteiger partial charge is 0.469 e. The van der Waals surface area contributed by atoms with Crippen molar-refractivity contribution >= 4 is 25.5 Å². The van der Waals surface area contributed by atoms with Crippen LogP contribution in [0.3, 0.4) is 0 Å². The highest BCUT2D eigenvalue weighted by Gasteiger charge is 2.27. The highest BCUT2D eigenvalue weighted by Crippen LogP contribution is 2.36. The van der Waals surface area contributed by atoms with Crippen LogP contribution in [0.5, 0.6) is 0 Å². The predicted octanol–water partition coefficient (Wildman–Crippen LogP) is 9.74. The first-order valence-electron chi connectivity index (χ1n) is 20.1. The molecule has 0 saturated heterocycles. The van der Waals surface area contributed by atoms with Crippen LogP contribution < -0.4 is 0 Å². The first-order chi connectivity index (χ1) is 25.6. The fraction of sp³-hybridized carbons (Fsp3) is 0.690. The van der Waals surface area contributed by atoms with Crippen molar-refractivity contribution in [2.45, 2.75) is 161 Å². The van der Waals surface area contributed by atoms with E-state index >= 15 is 0 Å². The van der Waals surface area contributed by atoms with Crippen LogP contribution in [0.15, 0.2) is 60.8 Å². The smallest absolute Gasteiger partial charge is 0.462 e. The molecule has 0 aromatic heterocycles. The standard InChI is InChI=1S/C42H69O10P/c1-3-5-7-8-9-10-11-12-13-14-15-16-17-18-19-25-29-42(46)52-38(35-51-53(47,48)49)34-50-41(45)28-24-21-20-23-26-36-30-33-40(44)39(36)32-31-37(43)27-22-6-4-2/h9-10,12-13,20,23,30-33,36-39,43H,3-8,11,14-19,21-22,24-29,34-35H2,1-2H3,(H2,47,48,49)/b10-9-,13-12-,23-20-,32-31+/t36-,37-,38+,39+/m0/s1. The van der Waals surface area contributed by atoms with Crippen molar-refractivity contribution in [3.05, 3.63) is 60.8 Å². The van der Waals surface area contributed by atoms with Gasteiger partial charge >= 0.3 is 19.8 Å². The second-order valence-electron chi connectivity index (χ2n) is 13.9. The molecule has 0 amide bonds. The molecule has 0 unspecified atom stereocenters. The minimum absolute atomic E-state index is 0.0260. The Hall–Kier alpha value is -2.62. The molecule has 3 N–H and O–H groups in total. The highest BCUT2D eigenvalue weighted by atomic mass is 31.2. The van der Waals surface area contributed by atoms with Crippen LogP contribution in [0.4, 0.5) is 0 Å². The van der Waals surface area contributed by atoms with E-state index in [4.69, 9.17) is 19.3 Å². The number of hydrogen-bond acceptors (Lipinski definition) is 8. The van der Waals surface area contributed by atoms with Gasteiger partial charge in [-0.3, -0.25) is 18.9 Å². The molecular weight excluding hydrogens is 695 g/mol. The van der Waals surface area contributed by atoms with Gasteiger partial charge in [0.2, 0.25) is 0 Å². The Bertz CT molecular complexity index is 1180. The molecule has 0 spiro atoms. The maximum atomic E-state index is 12.4. The maximum Gasteiger partial charge on any atom is 0.469 e. The molecule has 0 heterocycles. The van der Waals surface area contributed by atoms with Gasteiger partial charge < -0.3 is 24.4 Å². The number of carbonyl (C=O) groups is 3. The minimum atomic E-state index is -4.81. The Labute approximate surface area is 319 Å². The number of phosphoric acid groups is 1. The van der Waals surface area contributed by atoms with Crippen LogP contribution in [0, 0.1) is 11.8 Å². The summed E-state index contributed by atoms with van der Waals surface area (Å²) >= 11 is 0. The Morgan fingerprint density at radius 3 is 2.08 bits per heavy atom. The normalized spacial score (nSPS) is 17.6. The van der Waals surface area contributed by atoms with Gasteiger partial charge in [0.1, 0.15) is 6.61 Å². The van der Waals surface area contributed by atoms with Crippen molar-refractivity contribution in [2.75, 3.05) is 13.2 Å². The van der Waals surface area contributed by atoms with Crippen LogP contribution in [0.25, 0.3) is 0 Å². The summed E-state index contributed by atoms with van der Waals surface area (Å²) in [5, 5.41) is 10.2. The fourth-order valence-corrected chi connectivity index (χ4v) is 6.22. The number of esters is 2. The average molecular weight is 765 g/mol. The van der Waals surface area contributed by atoms with Crippen LogP contribution >= 0.6 is 7.82 Å². The molecule has 0 saturated carbocycles. The van der Waals surface area contributed by atoms with Gasteiger partial charge in [0.15, 0.2) is 11.9 Å². The summed E-state index contributed by atoms with van der Waals surface area (Å²) in [5.74, 6) is -1.27. The zero-order chi connectivity index (χ0) is 39.0. The van der Waals surface area contributed by atoms with E-state index < -0.39 is 38.6 Å². The lowest BCUT2D eigenvalue weighted by Crippen LogP contribution is -2.29. The van der Waals surface area contributed by atoms with Crippen molar-refractivity contribution in [1.82, 2.24) is 0 Å². The molecular formula is C42H69O10P. The van der Waals surface area contributed by atoms with Crippen molar-refractivity contribution in [3.63, 3.8) is 0 Å². The van der Waals surface area contributed by atoms with Crippen molar-refractivity contribution < 1.29 is 47.8 Å². The molecule has 1 rings (SSSR count). The molecule has 4 atom stereocenters. The molecule has 0 aromatic rings. The van der Waals surface area contributed by atoms with Gasteiger partial charge in [0.05, 0.1) is 12.7 Å². The summed E-state index contributed by atoms with van der Waals surface area (Å²) in [7, 11) is -4.81. The third kappa shape index (κ3) is 28.5. The second-order valence-corrected chi connectivity index (χ2v) is 15.2. The third-order valence-corrected chi connectivity index (χ3v) is 9.49. The lowest BCUT2D eigenvalue weighted by atomic mass is 9.90. The summed E-state index contributed by atoms with van der Waals surface area (Å²) in [6.07, 6.45) is 37.1. The van der Waals surface area contributed by atoms with Crippen LogP contribution in [0.1, 0.15) is 149 Å². The summed E-state index contributed by atoms with van der Waals surface area (Å²) in [6, 6.07) is 0. The first-order valence-corrected chi connectivity index (χ1v) is 21.7. The Morgan fingerprint density at radius 1 is 0.774 bits per heavy atom. The molecule has 1 aliphatic carbocycles. The zero-order valence-corrected chi connectivity index (χ0v) is 33.4. The van der Waals surface area contributed by atoms with E-state index in [1.165, 1.54) is 25.7 Å². The highest BCUT2D eigenvalue weighted by molar-refractivity contribution is 7.46. The fourth-order valence-electron chi connectivity index (χ4n) is 5.86. The number of phosphoric ester groups is 1. The first kappa shape index (κ1) is 48.4. The molecule has 0 aromatic carbocycles. The summed E-state index contributed by atoms with van der Waals surface area (Å²) < 4.78 is 26.3. The Balaban J connectivity index is 2.27. The van der Waals surface area contributed by atoms with E-state index in [1.54, 1.807) is 12.2 Å². The number of ketones is 1. The molecule has 0 bridgehead atoms. The van der Waals surface area contributed by atoms with Gasteiger partial charge in [-0.1, -0.05) is 126 Å². The SMILES string of the molecule is CCCCC/C=C\C/C=C\CCCCCCCCC(=O)O[C@H](COC(=O)CCC/C=C\C[C@H]1C=CC(=O)[C@@H]1/C=C/[C@@H](O)CCCCC)COP(=O)(O)O. The van der Waals surface area contributed by atoms with E-state index in [0.717, 1.165) is 64.2 Å². The van der Waals surface area contributed by atoms with Gasteiger partial charge in [-0.05, 0) is 76.2 Å². The number of carbonyl (C=O) groups excluding carboxylic acids is 3. The number of ether oxygens (including phenoxy) is 2. The van der Waals surface area contributed by atoms with Gasteiger partial charge in [0.25, 0.3) is 0 Å². The molecule has 53 heavy (non-hydrogen) atoms. The molecule has 11 heteroatoms. The zero-order valence-electron chi connectivity index (χ0n) is 32.5. The number of unbranched alkanes of at least 4 members (excludes halogenated alkanes) is 12. The van der Waals surface area contributed by atoms with E-state index in [1.807, 2.05) is 24.3 Å². The van der Waals surface area contributed by atoms with Gasteiger partial charge in [0, 0.05) is 18.8 Å². The number of aliphatic hydroxyl groups excluding tert-OH is 1. The van der Waals surface area contributed by atoms with E-state index in [0.29, 0.717) is 32.1 Å².